The highest BCUT2D eigenvalue weighted by molar-refractivity contribution is 5.94. The van der Waals surface area contributed by atoms with Crippen LogP contribution in [0.5, 0.6) is 5.75 Å². The van der Waals surface area contributed by atoms with Gasteiger partial charge in [0.2, 0.25) is 5.91 Å². The first-order chi connectivity index (χ1) is 12.7. The quantitative estimate of drug-likeness (QED) is 0.862. The minimum absolute atomic E-state index is 0.0792. The average Bonchev–Trinajstić information content (AvgIpc) is 3.45. The first-order valence-corrected chi connectivity index (χ1v) is 8.36. The zero-order chi connectivity index (χ0) is 19.8. The van der Waals surface area contributed by atoms with Crippen LogP contribution < -0.4 is 15.6 Å². The second-order valence-corrected chi connectivity index (χ2v) is 6.39. The molecule has 1 aromatic carbocycles. The summed E-state index contributed by atoms with van der Waals surface area (Å²) in [5.74, 6) is -0.304. The minimum Gasteiger partial charge on any atom is -0.495 e. The number of carbonyl (C=O) groups excluding carboxylic acids is 1. The molecule has 27 heavy (non-hydrogen) atoms. The Bertz CT molecular complexity index is 920. The van der Waals surface area contributed by atoms with E-state index in [0.29, 0.717) is 0 Å². The molecule has 2 aromatic rings. The zero-order valence-electron chi connectivity index (χ0n) is 14.7. The van der Waals surface area contributed by atoms with Crippen LogP contribution in [0.2, 0.25) is 0 Å². The third-order valence-corrected chi connectivity index (χ3v) is 4.37. The molecule has 1 atom stereocenters. The number of hydrogen-bond donors (Lipinski definition) is 1. The van der Waals surface area contributed by atoms with Gasteiger partial charge in [-0.15, -0.1) is 0 Å². The molecule has 6 nitrogen and oxygen atoms in total. The summed E-state index contributed by atoms with van der Waals surface area (Å²) >= 11 is 0. The fraction of sp³-hybridized carbons (Fsp3) is 0.389. The predicted molar refractivity (Wildman–Crippen MR) is 91.8 cm³/mol. The van der Waals surface area contributed by atoms with E-state index in [1.807, 2.05) is 0 Å². The summed E-state index contributed by atoms with van der Waals surface area (Å²) in [4.78, 5) is 24.6. The Labute approximate surface area is 153 Å². The van der Waals surface area contributed by atoms with E-state index in [-0.39, 0.29) is 17.4 Å². The van der Waals surface area contributed by atoms with E-state index in [1.54, 1.807) is 6.07 Å². The SMILES string of the molecule is COc1ccc(C(F)(F)F)cc1NC(=O)[C@H](C)n1nc(C2CC2)ccc1=O. The van der Waals surface area contributed by atoms with Gasteiger partial charge < -0.3 is 10.1 Å². The van der Waals surface area contributed by atoms with Gasteiger partial charge in [0, 0.05) is 12.0 Å². The predicted octanol–water partition coefficient (Wildman–Crippen LogP) is 3.35. The van der Waals surface area contributed by atoms with E-state index in [9.17, 15) is 22.8 Å². The minimum atomic E-state index is -4.56. The summed E-state index contributed by atoms with van der Waals surface area (Å²) in [6.45, 7) is 1.46. The highest BCUT2D eigenvalue weighted by Gasteiger charge is 2.32. The highest BCUT2D eigenvalue weighted by Crippen LogP contribution is 2.38. The molecule has 0 radical (unpaired) electrons. The van der Waals surface area contributed by atoms with Crippen LogP contribution in [0.1, 0.15) is 43.0 Å². The zero-order valence-corrected chi connectivity index (χ0v) is 14.7. The van der Waals surface area contributed by atoms with E-state index in [2.05, 4.69) is 10.4 Å². The first-order valence-electron chi connectivity index (χ1n) is 8.36. The molecule has 1 N–H and O–H groups in total. The summed E-state index contributed by atoms with van der Waals surface area (Å²) in [6, 6.07) is 4.76. The van der Waals surface area contributed by atoms with Crippen molar-refractivity contribution in [3.63, 3.8) is 0 Å². The molecule has 0 unspecified atom stereocenters. The van der Waals surface area contributed by atoms with Crippen molar-refractivity contribution in [2.45, 2.75) is 37.9 Å². The molecule has 0 saturated heterocycles. The van der Waals surface area contributed by atoms with Crippen molar-refractivity contribution >= 4 is 11.6 Å². The largest absolute Gasteiger partial charge is 0.495 e. The number of amides is 1. The number of hydrogen-bond acceptors (Lipinski definition) is 4. The third-order valence-electron chi connectivity index (χ3n) is 4.37. The lowest BCUT2D eigenvalue weighted by Gasteiger charge is -2.17. The molecule has 0 spiro atoms. The third kappa shape index (κ3) is 4.12. The normalized spacial score (nSPS) is 15.3. The Morgan fingerprint density at radius 2 is 2.00 bits per heavy atom. The summed E-state index contributed by atoms with van der Waals surface area (Å²) in [5.41, 5.74) is -0.781. The second kappa shape index (κ2) is 7.05. The molecule has 0 aliphatic heterocycles. The number of halogens is 3. The highest BCUT2D eigenvalue weighted by atomic mass is 19.4. The topological polar surface area (TPSA) is 73.2 Å². The first kappa shape index (κ1) is 18.9. The maximum atomic E-state index is 12.9. The Morgan fingerprint density at radius 1 is 1.30 bits per heavy atom. The number of carbonyl (C=O) groups is 1. The summed E-state index contributed by atoms with van der Waals surface area (Å²) < 4.78 is 44.9. The van der Waals surface area contributed by atoms with E-state index < -0.39 is 29.2 Å². The van der Waals surface area contributed by atoms with Crippen molar-refractivity contribution in [3.05, 3.63) is 51.9 Å². The van der Waals surface area contributed by atoms with E-state index >= 15 is 0 Å². The monoisotopic (exact) mass is 381 g/mol. The van der Waals surface area contributed by atoms with E-state index in [0.717, 1.165) is 41.4 Å². The standard InChI is InChI=1S/C18H18F3N3O3/c1-10(24-16(25)8-6-13(23-24)11-3-4-11)17(26)22-14-9-12(18(19,20)21)5-7-15(14)27-2/h5-11H,3-4H2,1-2H3,(H,22,26)/t10-/m0/s1. The number of aromatic nitrogens is 2. The molecule has 1 aromatic heterocycles. The Kier molecular flexibility index (Phi) is 4.95. The summed E-state index contributed by atoms with van der Waals surface area (Å²) in [6.07, 6.45) is -2.60. The van der Waals surface area contributed by atoms with Crippen molar-refractivity contribution in [3.8, 4) is 5.75 Å². The Morgan fingerprint density at radius 3 is 2.59 bits per heavy atom. The van der Waals surface area contributed by atoms with Gasteiger partial charge in [-0.1, -0.05) is 0 Å². The van der Waals surface area contributed by atoms with Crippen LogP contribution in [0.3, 0.4) is 0 Å². The molecule has 144 valence electrons. The Hall–Kier alpha value is -2.84. The van der Waals surface area contributed by atoms with Gasteiger partial charge >= 0.3 is 6.18 Å². The molecule has 0 bridgehead atoms. The molecular weight excluding hydrogens is 363 g/mol. The molecule has 1 aliphatic rings. The van der Waals surface area contributed by atoms with Crippen molar-refractivity contribution in [1.29, 1.82) is 0 Å². The van der Waals surface area contributed by atoms with E-state index in [4.69, 9.17) is 4.74 Å². The van der Waals surface area contributed by atoms with Crippen LogP contribution in [0, 0.1) is 0 Å². The number of anilines is 1. The molecule has 9 heteroatoms. The maximum absolute atomic E-state index is 12.9. The Balaban J connectivity index is 1.87. The average molecular weight is 381 g/mol. The lowest BCUT2D eigenvalue weighted by molar-refractivity contribution is -0.137. The van der Waals surface area contributed by atoms with Crippen LogP contribution in [-0.4, -0.2) is 22.8 Å². The fourth-order valence-electron chi connectivity index (χ4n) is 2.64. The lowest BCUT2D eigenvalue weighted by Crippen LogP contribution is -2.33. The number of nitrogens with zero attached hydrogens (tertiary/aromatic N) is 2. The summed E-state index contributed by atoms with van der Waals surface area (Å²) in [5, 5.41) is 6.63. The van der Waals surface area contributed by atoms with Gasteiger partial charge in [0.15, 0.2) is 0 Å². The molecule has 1 aliphatic carbocycles. The smallest absolute Gasteiger partial charge is 0.416 e. The van der Waals surface area contributed by atoms with Crippen molar-refractivity contribution < 1.29 is 22.7 Å². The molecule has 1 fully saturated rings. The van der Waals surface area contributed by atoms with Crippen LogP contribution in [0.25, 0.3) is 0 Å². The van der Waals surface area contributed by atoms with Crippen LogP contribution in [-0.2, 0) is 11.0 Å². The number of alkyl halides is 3. The van der Waals surface area contributed by atoms with E-state index in [1.165, 1.54) is 20.1 Å². The van der Waals surface area contributed by atoms with Gasteiger partial charge in [-0.2, -0.15) is 18.3 Å². The van der Waals surface area contributed by atoms with Gasteiger partial charge in [0.25, 0.3) is 5.56 Å². The van der Waals surface area contributed by atoms with Crippen molar-refractivity contribution in [2.75, 3.05) is 12.4 Å². The maximum Gasteiger partial charge on any atom is 0.416 e. The number of methoxy groups -OCH3 is 1. The number of nitrogens with one attached hydrogen (secondary N) is 1. The molecule has 1 saturated carbocycles. The van der Waals surface area contributed by atoms with Gasteiger partial charge in [-0.05, 0) is 44.0 Å². The van der Waals surface area contributed by atoms with Gasteiger partial charge in [-0.25, -0.2) is 4.68 Å². The van der Waals surface area contributed by atoms with Crippen molar-refractivity contribution in [1.82, 2.24) is 9.78 Å². The molecule has 1 heterocycles. The number of benzene rings is 1. The fourth-order valence-corrected chi connectivity index (χ4v) is 2.64. The van der Waals surface area contributed by atoms with Crippen LogP contribution in [0.15, 0.2) is 35.1 Å². The molecule has 3 rings (SSSR count). The number of rotatable bonds is 5. The summed E-state index contributed by atoms with van der Waals surface area (Å²) in [7, 11) is 1.28. The van der Waals surface area contributed by atoms with Gasteiger partial charge in [-0.3, -0.25) is 9.59 Å². The lowest BCUT2D eigenvalue weighted by atomic mass is 10.1. The molecule has 1 amide bonds. The van der Waals surface area contributed by atoms with Crippen molar-refractivity contribution in [2.24, 2.45) is 0 Å². The van der Waals surface area contributed by atoms with Gasteiger partial charge in [0.05, 0.1) is 24.1 Å². The number of ether oxygens (including phenoxy) is 1. The molecular formula is C18H18F3N3O3. The van der Waals surface area contributed by atoms with Crippen LogP contribution in [0.4, 0.5) is 18.9 Å². The second-order valence-electron chi connectivity index (χ2n) is 6.39. The van der Waals surface area contributed by atoms with Crippen LogP contribution >= 0.6 is 0 Å². The van der Waals surface area contributed by atoms with Gasteiger partial charge in [0.1, 0.15) is 11.8 Å².